The van der Waals surface area contributed by atoms with E-state index in [2.05, 4.69) is 31.9 Å². The average Bonchev–Trinajstić information content (AvgIpc) is 2.46. The van der Waals surface area contributed by atoms with Crippen molar-refractivity contribution in [2.24, 2.45) is 0 Å². The summed E-state index contributed by atoms with van der Waals surface area (Å²) in [6.45, 7) is 0. The van der Waals surface area contributed by atoms with Crippen LogP contribution in [0.1, 0.15) is 5.56 Å². The molecule has 0 aliphatic rings. The smallest absolute Gasteiger partial charge is 0.265 e. The molecule has 21 heavy (non-hydrogen) atoms. The largest absolute Gasteiger partial charge is 0.268 e. The number of anilines is 1. The number of halogens is 2. The third kappa shape index (κ3) is 3.12. The summed E-state index contributed by atoms with van der Waals surface area (Å²) in [4.78, 5) is 0.140. The molecule has 0 atom stereocenters. The van der Waals surface area contributed by atoms with Gasteiger partial charge in [0.1, 0.15) is 11.0 Å². The van der Waals surface area contributed by atoms with Crippen LogP contribution in [-0.2, 0) is 10.0 Å². The van der Waals surface area contributed by atoms with E-state index in [0.717, 1.165) is 8.78 Å². The van der Waals surface area contributed by atoms with Gasteiger partial charge in [0.25, 0.3) is 10.0 Å². The van der Waals surface area contributed by atoms with Gasteiger partial charge in [0.2, 0.25) is 0 Å². The molecule has 0 N–H and O–H groups in total. The summed E-state index contributed by atoms with van der Waals surface area (Å²) in [7, 11) is -2.33. The Balaban J connectivity index is 2.56. The fourth-order valence-corrected chi connectivity index (χ4v) is 4.72. The van der Waals surface area contributed by atoms with Gasteiger partial charge in [-0.15, -0.1) is 0 Å². The third-order valence-corrected chi connectivity index (χ3v) is 6.14. The van der Waals surface area contributed by atoms with E-state index in [0.29, 0.717) is 15.7 Å². The zero-order valence-electron chi connectivity index (χ0n) is 10.9. The minimum absolute atomic E-state index is 0.140. The Morgan fingerprint density at radius 3 is 2.43 bits per heavy atom. The van der Waals surface area contributed by atoms with E-state index in [1.165, 1.54) is 13.1 Å². The topological polar surface area (TPSA) is 61.2 Å². The van der Waals surface area contributed by atoms with Crippen molar-refractivity contribution in [1.82, 2.24) is 0 Å². The van der Waals surface area contributed by atoms with Gasteiger partial charge in [0.05, 0.1) is 11.3 Å². The molecule has 4 nitrogen and oxygen atoms in total. The zero-order valence-corrected chi connectivity index (χ0v) is 14.9. The summed E-state index contributed by atoms with van der Waals surface area (Å²) in [5.41, 5.74) is 0.645. The number of hydrogen-bond donors (Lipinski definition) is 0. The summed E-state index contributed by atoms with van der Waals surface area (Å²) in [5, 5.41) is 9.11. The van der Waals surface area contributed by atoms with Gasteiger partial charge in [-0.25, -0.2) is 8.42 Å². The van der Waals surface area contributed by atoms with Crippen molar-refractivity contribution in [3.63, 3.8) is 0 Å². The molecule has 2 aromatic rings. The van der Waals surface area contributed by atoms with Crippen molar-refractivity contribution in [3.8, 4) is 6.07 Å². The Morgan fingerprint density at radius 1 is 1.14 bits per heavy atom. The van der Waals surface area contributed by atoms with Crippen LogP contribution in [0.5, 0.6) is 0 Å². The first kappa shape index (κ1) is 16.0. The number of sulfonamides is 1. The van der Waals surface area contributed by atoms with Gasteiger partial charge < -0.3 is 0 Å². The van der Waals surface area contributed by atoms with E-state index in [1.807, 2.05) is 6.07 Å². The highest BCUT2D eigenvalue weighted by Crippen LogP contribution is 2.31. The van der Waals surface area contributed by atoms with E-state index in [4.69, 9.17) is 5.26 Å². The van der Waals surface area contributed by atoms with Gasteiger partial charge in [0, 0.05) is 16.0 Å². The van der Waals surface area contributed by atoms with Crippen LogP contribution in [0.25, 0.3) is 0 Å². The van der Waals surface area contributed by atoms with Gasteiger partial charge in [-0.05, 0) is 46.3 Å². The summed E-state index contributed by atoms with van der Waals surface area (Å²) >= 11 is 6.54. The SMILES string of the molecule is CN(c1ccccc1C#N)S(=O)(=O)c1ccc(Br)cc1Br. The highest BCUT2D eigenvalue weighted by Gasteiger charge is 2.25. The maximum Gasteiger partial charge on any atom is 0.265 e. The molecule has 2 rings (SSSR count). The second-order valence-electron chi connectivity index (χ2n) is 4.18. The van der Waals surface area contributed by atoms with E-state index < -0.39 is 10.0 Å². The second-order valence-corrected chi connectivity index (χ2v) is 7.88. The predicted octanol–water partition coefficient (Wildman–Crippen LogP) is 3.91. The maximum absolute atomic E-state index is 12.7. The first-order chi connectivity index (χ1) is 9.87. The maximum atomic E-state index is 12.7. The summed E-state index contributed by atoms with van der Waals surface area (Å²) < 4.78 is 27.7. The van der Waals surface area contributed by atoms with Gasteiger partial charge >= 0.3 is 0 Å². The Kier molecular flexibility index (Phi) is 4.71. The summed E-state index contributed by atoms with van der Waals surface area (Å²) in [6.07, 6.45) is 0. The lowest BCUT2D eigenvalue weighted by atomic mass is 10.2. The molecule has 0 bridgehead atoms. The molecule has 0 saturated carbocycles. The second kappa shape index (κ2) is 6.18. The fraction of sp³-hybridized carbons (Fsp3) is 0.0714. The molecule has 0 aromatic heterocycles. The molecule has 0 aliphatic carbocycles. The van der Waals surface area contributed by atoms with Crippen LogP contribution in [-0.4, -0.2) is 15.5 Å². The number of nitrogens with zero attached hydrogens (tertiary/aromatic N) is 2. The van der Waals surface area contributed by atoms with Crippen molar-refractivity contribution >= 4 is 47.6 Å². The predicted molar refractivity (Wildman–Crippen MR) is 88.6 cm³/mol. The molecular formula is C14H10Br2N2O2S. The first-order valence-corrected chi connectivity index (χ1v) is 8.83. The lowest BCUT2D eigenvalue weighted by Gasteiger charge is -2.21. The van der Waals surface area contributed by atoms with Crippen LogP contribution in [0.2, 0.25) is 0 Å². The van der Waals surface area contributed by atoms with E-state index in [-0.39, 0.29) is 4.90 Å². The molecule has 0 spiro atoms. The van der Waals surface area contributed by atoms with Gasteiger partial charge in [-0.3, -0.25) is 4.31 Å². The summed E-state index contributed by atoms with van der Waals surface area (Å²) in [5.74, 6) is 0. The Hall–Kier alpha value is -1.36. The molecule has 0 saturated heterocycles. The normalized spacial score (nSPS) is 11.0. The molecule has 2 aromatic carbocycles. The van der Waals surface area contributed by atoms with Crippen LogP contribution in [0.3, 0.4) is 0 Å². The highest BCUT2D eigenvalue weighted by atomic mass is 79.9. The molecule has 0 fully saturated rings. The first-order valence-electron chi connectivity index (χ1n) is 5.81. The average molecular weight is 430 g/mol. The van der Waals surface area contributed by atoms with Crippen LogP contribution in [0.15, 0.2) is 56.3 Å². The number of para-hydroxylation sites is 1. The van der Waals surface area contributed by atoms with Gasteiger partial charge in [0.15, 0.2) is 0 Å². The molecule has 7 heteroatoms. The van der Waals surface area contributed by atoms with Crippen molar-refractivity contribution < 1.29 is 8.42 Å². The monoisotopic (exact) mass is 428 g/mol. The number of nitriles is 1. The van der Waals surface area contributed by atoms with Crippen LogP contribution >= 0.6 is 31.9 Å². The number of benzene rings is 2. The fourth-order valence-electron chi connectivity index (χ4n) is 1.80. The Morgan fingerprint density at radius 2 is 1.81 bits per heavy atom. The Bertz CT molecular complexity index is 829. The Labute approximate surface area is 140 Å². The minimum Gasteiger partial charge on any atom is -0.268 e. The van der Waals surface area contributed by atoms with E-state index in [9.17, 15) is 8.42 Å². The molecule has 0 radical (unpaired) electrons. The molecule has 0 aliphatic heterocycles. The van der Waals surface area contributed by atoms with Crippen LogP contribution in [0, 0.1) is 11.3 Å². The standard InChI is InChI=1S/C14H10Br2N2O2S/c1-18(13-5-3-2-4-10(13)9-17)21(19,20)14-7-6-11(15)8-12(14)16/h2-8H,1H3. The van der Waals surface area contributed by atoms with Crippen LogP contribution in [0.4, 0.5) is 5.69 Å². The van der Waals surface area contributed by atoms with Gasteiger partial charge in [-0.1, -0.05) is 28.1 Å². The third-order valence-electron chi connectivity index (χ3n) is 2.90. The van der Waals surface area contributed by atoms with Crippen molar-refractivity contribution in [2.45, 2.75) is 4.90 Å². The lowest BCUT2D eigenvalue weighted by molar-refractivity contribution is 0.594. The molecular weight excluding hydrogens is 420 g/mol. The van der Waals surface area contributed by atoms with Gasteiger partial charge in [-0.2, -0.15) is 5.26 Å². The quantitative estimate of drug-likeness (QED) is 0.742. The van der Waals surface area contributed by atoms with Crippen molar-refractivity contribution in [2.75, 3.05) is 11.4 Å². The zero-order chi connectivity index (χ0) is 15.6. The summed E-state index contributed by atoms with van der Waals surface area (Å²) in [6, 6.07) is 13.4. The van der Waals surface area contributed by atoms with Crippen LogP contribution < -0.4 is 4.31 Å². The van der Waals surface area contributed by atoms with Crippen molar-refractivity contribution in [3.05, 3.63) is 57.0 Å². The lowest BCUT2D eigenvalue weighted by Crippen LogP contribution is -2.27. The highest BCUT2D eigenvalue weighted by molar-refractivity contribution is 9.11. The van der Waals surface area contributed by atoms with E-state index >= 15 is 0 Å². The molecule has 0 unspecified atom stereocenters. The minimum atomic E-state index is -3.76. The molecule has 108 valence electrons. The van der Waals surface area contributed by atoms with E-state index in [1.54, 1.807) is 36.4 Å². The molecule has 0 amide bonds. The van der Waals surface area contributed by atoms with Crippen molar-refractivity contribution in [1.29, 1.82) is 5.26 Å². The number of hydrogen-bond acceptors (Lipinski definition) is 3. The molecule has 0 heterocycles. The number of rotatable bonds is 3.